The highest BCUT2D eigenvalue weighted by Crippen LogP contribution is 2.55. The van der Waals surface area contributed by atoms with Crippen molar-refractivity contribution in [3.05, 3.63) is 0 Å². The lowest BCUT2D eigenvalue weighted by molar-refractivity contribution is -0.00448. The lowest BCUT2D eigenvalue weighted by Crippen LogP contribution is -2.55. The van der Waals surface area contributed by atoms with Crippen LogP contribution in [0.1, 0.15) is 38.5 Å². The fourth-order valence-electron chi connectivity index (χ4n) is 4.23. The second-order valence-electron chi connectivity index (χ2n) is 5.29. The maximum absolute atomic E-state index is 3.58. The van der Waals surface area contributed by atoms with Gasteiger partial charge in [0, 0.05) is 28.4 Å². The predicted octanol–water partition coefficient (Wildman–Crippen LogP) is 2.89. The number of hydrogen-bond donors (Lipinski definition) is 1. The van der Waals surface area contributed by atoms with Crippen LogP contribution in [0.25, 0.3) is 0 Å². The zero-order valence-corrected chi connectivity index (χ0v) is 9.51. The van der Waals surface area contributed by atoms with Gasteiger partial charge in [-0.25, -0.2) is 0 Å². The first-order valence-electron chi connectivity index (χ1n) is 5.17. The highest BCUT2D eigenvalue weighted by molar-refractivity contribution is 14.1. The average Bonchev–Trinajstić information content (AvgIpc) is 2.02. The summed E-state index contributed by atoms with van der Waals surface area (Å²) in [5, 5.41) is 0. The van der Waals surface area contributed by atoms with Crippen LogP contribution in [0.2, 0.25) is 0 Å². The summed E-state index contributed by atoms with van der Waals surface area (Å²) in [7, 11) is 0. The molecule has 2 heteroatoms. The monoisotopic (exact) mass is 277 g/mol. The SMILES string of the molecule is INC12CC3CC(CC(C3)C1)C2. The van der Waals surface area contributed by atoms with Crippen molar-refractivity contribution < 1.29 is 0 Å². The molecule has 0 unspecified atom stereocenters. The molecule has 0 aromatic rings. The van der Waals surface area contributed by atoms with Crippen molar-refractivity contribution in [3.63, 3.8) is 0 Å². The first-order chi connectivity index (χ1) is 5.80. The van der Waals surface area contributed by atoms with Crippen molar-refractivity contribution >= 4 is 22.9 Å². The van der Waals surface area contributed by atoms with Crippen LogP contribution in [-0.4, -0.2) is 5.54 Å². The van der Waals surface area contributed by atoms with Gasteiger partial charge >= 0.3 is 0 Å². The van der Waals surface area contributed by atoms with E-state index in [-0.39, 0.29) is 0 Å². The van der Waals surface area contributed by atoms with Crippen molar-refractivity contribution in [1.29, 1.82) is 0 Å². The molecule has 0 spiro atoms. The molecular formula is C10H16IN. The topological polar surface area (TPSA) is 12.0 Å². The van der Waals surface area contributed by atoms with Gasteiger partial charge in [-0.15, -0.1) is 0 Å². The molecule has 4 rings (SSSR count). The van der Waals surface area contributed by atoms with Crippen LogP contribution in [0.3, 0.4) is 0 Å². The third-order valence-corrected chi connectivity index (χ3v) is 5.38. The minimum absolute atomic E-state index is 0.579. The van der Waals surface area contributed by atoms with E-state index in [4.69, 9.17) is 0 Å². The van der Waals surface area contributed by atoms with Crippen LogP contribution < -0.4 is 3.53 Å². The smallest absolute Gasteiger partial charge is 0.0282 e. The van der Waals surface area contributed by atoms with E-state index >= 15 is 0 Å². The van der Waals surface area contributed by atoms with Crippen molar-refractivity contribution in [3.8, 4) is 0 Å². The molecule has 4 bridgehead atoms. The van der Waals surface area contributed by atoms with Crippen LogP contribution in [0, 0.1) is 17.8 Å². The van der Waals surface area contributed by atoms with E-state index in [9.17, 15) is 0 Å². The largest absolute Gasteiger partial charge is 0.255 e. The van der Waals surface area contributed by atoms with E-state index in [1.807, 2.05) is 0 Å². The van der Waals surface area contributed by atoms with E-state index in [0.717, 1.165) is 17.8 Å². The summed E-state index contributed by atoms with van der Waals surface area (Å²) in [6.45, 7) is 0. The minimum Gasteiger partial charge on any atom is -0.255 e. The van der Waals surface area contributed by atoms with E-state index in [2.05, 4.69) is 26.4 Å². The molecule has 0 heterocycles. The van der Waals surface area contributed by atoms with Crippen molar-refractivity contribution in [2.24, 2.45) is 17.8 Å². The Balaban J connectivity index is 1.90. The molecule has 0 aromatic heterocycles. The minimum atomic E-state index is 0.579. The summed E-state index contributed by atoms with van der Waals surface area (Å²) >= 11 is 2.38. The van der Waals surface area contributed by atoms with Crippen molar-refractivity contribution in [2.45, 2.75) is 44.1 Å². The van der Waals surface area contributed by atoms with Crippen LogP contribution >= 0.6 is 22.9 Å². The number of hydrogen-bond acceptors (Lipinski definition) is 1. The van der Waals surface area contributed by atoms with Crippen molar-refractivity contribution in [1.82, 2.24) is 3.53 Å². The maximum Gasteiger partial charge on any atom is 0.0282 e. The zero-order chi connectivity index (χ0) is 8.18. The van der Waals surface area contributed by atoms with Gasteiger partial charge < -0.3 is 0 Å². The first kappa shape index (κ1) is 8.04. The van der Waals surface area contributed by atoms with E-state index < -0.39 is 0 Å². The lowest BCUT2D eigenvalue weighted by atomic mass is 9.53. The molecule has 0 amide bonds. The quantitative estimate of drug-likeness (QED) is 0.574. The molecule has 1 N–H and O–H groups in total. The Morgan fingerprint density at radius 3 is 1.67 bits per heavy atom. The van der Waals surface area contributed by atoms with Crippen LogP contribution in [-0.2, 0) is 0 Å². The van der Waals surface area contributed by atoms with Gasteiger partial charge in [-0.2, -0.15) is 0 Å². The molecule has 0 aromatic carbocycles. The van der Waals surface area contributed by atoms with Gasteiger partial charge in [0.25, 0.3) is 0 Å². The standard InChI is InChI=1S/C10H16IN/c11-12-10-4-7-1-8(5-10)3-9(2-7)6-10/h7-9,12H,1-6H2. The molecule has 0 aliphatic heterocycles. The molecule has 12 heavy (non-hydrogen) atoms. The molecule has 0 saturated heterocycles. The second-order valence-corrected chi connectivity index (χ2v) is 5.83. The molecule has 4 saturated carbocycles. The number of halogens is 1. The fraction of sp³-hybridized carbons (Fsp3) is 1.00. The molecule has 4 aliphatic carbocycles. The Morgan fingerprint density at radius 1 is 0.917 bits per heavy atom. The van der Waals surface area contributed by atoms with Gasteiger partial charge in [0.1, 0.15) is 0 Å². The van der Waals surface area contributed by atoms with Crippen LogP contribution in [0.15, 0.2) is 0 Å². The molecular weight excluding hydrogens is 261 g/mol. The number of rotatable bonds is 1. The Hall–Kier alpha value is 0.690. The van der Waals surface area contributed by atoms with Gasteiger partial charge in [0.05, 0.1) is 0 Å². The third kappa shape index (κ3) is 1.07. The average molecular weight is 277 g/mol. The number of nitrogens with one attached hydrogen (secondary N) is 1. The second kappa shape index (κ2) is 2.59. The summed E-state index contributed by atoms with van der Waals surface area (Å²) < 4.78 is 3.58. The third-order valence-electron chi connectivity index (χ3n) is 4.24. The van der Waals surface area contributed by atoms with Gasteiger partial charge in [0.2, 0.25) is 0 Å². The zero-order valence-electron chi connectivity index (χ0n) is 7.35. The van der Waals surface area contributed by atoms with Crippen LogP contribution in [0.5, 0.6) is 0 Å². The van der Waals surface area contributed by atoms with Crippen molar-refractivity contribution in [2.75, 3.05) is 0 Å². The molecule has 1 nitrogen and oxygen atoms in total. The van der Waals surface area contributed by atoms with Crippen LogP contribution in [0.4, 0.5) is 0 Å². The first-order valence-corrected chi connectivity index (χ1v) is 6.25. The van der Waals surface area contributed by atoms with Gasteiger partial charge in [-0.05, 0) is 56.3 Å². The molecule has 0 radical (unpaired) electrons. The Labute approximate surface area is 88.2 Å². The Morgan fingerprint density at radius 2 is 1.33 bits per heavy atom. The highest BCUT2D eigenvalue weighted by Gasteiger charge is 2.50. The van der Waals surface area contributed by atoms with E-state index in [1.165, 1.54) is 19.3 Å². The normalized spacial score (nSPS) is 56.2. The Kier molecular flexibility index (Phi) is 1.74. The van der Waals surface area contributed by atoms with Gasteiger partial charge in [-0.3, -0.25) is 3.53 Å². The van der Waals surface area contributed by atoms with E-state index in [1.54, 1.807) is 19.3 Å². The molecule has 4 fully saturated rings. The molecule has 4 aliphatic rings. The lowest BCUT2D eigenvalue weighted by Gasteiger charge is -2.56. The summed E-state index contributed by atoms with van der Waals surface area (Å²) in [5.41, 5.74) is 0.579. The summed E-state index contributed by atoms with van der Waals surface area (Å²) in [6.07, 6.45) is 9.08. The Bertz CT molecular complexity index is 167. The fourth-order valence-corrected chi connectivity index (χ4v) is 4.89. The maximum atomic E-state index is 3.58. The van der Waals surface area contributed by atoms with Gasteiger partial charge in [0.15, 0.2) is 0 Å². The molecule has 0 atom stereocenters. The van der Waals surface area contributed by atoms with E-state index in [0.29, 0.717) is 5.54 Å². The highest BCUT2D eigenvalue weighted by atomic mass is 127. The summed E-state index contributed by atoms with van der Waals surface area (Å²) in [5.74, 6) is 3.25. The summed E-state index contributed by atoms with van der Waals surface area (Å²) in [4.78, 5) is 0. The molecule has 68 valence electrons. The van der Waals surface area contributed by atoms with Gasteiger partial charge in [-0.1, -0.05) is 0 Å². The summed E-state index contributed by atoms with van der Waals surface area (Å²) in [6, 6.07) is 0. The predicted molar refractivity (Wildman–Crippen MR) is 58.1 cm³/mol.